The number of para-hydroxylation sites is 1. The number of pyridine rings is 1. The number of carbonyl (C=O) groups is 1. The molecule has 0 aliphatic carbocycles. The summed E-state index contributed by atoms with van der Waals surface area (Å²) in [6, 6.07) is 15.0. The highest BCUT2D eigenvalue weighted by Crippen LogP contribution is 2.30. The van der Waals surface area contributed by atoms with E-state index >= 15 is 0 Å². The summed E-state index contributed by atoms with van der Waals surface area (Å²) in [5, 5.41) is 10.3. The monoisotopic (exact) mass is 405 g/mol. The molecule has 8 nitrogen and oxygen atoms in total. The van der Waals surface area contributed by atoms with Gasteiger partial charge in [-0.2, -0.15) is 0 Å². The van der Waals surface area contributed by atoms with Gasteiger partial charge in [-0.25, -0.2) is 14.5 Å². The van der Waals surface area contributed by atoms with Gasteiger partial charge in [0.15, 0.2) is 16.5 Å². The van der Waals surface area contributed by atoms with Crippen LogP contribution in [0.25, 0.3) is 28.1 Å². The number of fused-ring (bicyclic) bond motifs is 2. The van der Waals surface area contributed by atoms with Crippen LogP contribution in [0.3, 0.4) is 0 Å². The van der Waals surface area contributed by atoms with Crippen molar-refractivity contribution in [1.82, 2.24) is 19.2 Å². The number of hydrogen-bond donors (Lipinski definition) is 1. The van der Waals surface area contributed by atoms with Crippen molar-refractivity contribution < 1.29 is 9.21 Å². The molecule has 0 aliphatic heterocycles. The van der Waals surface area contributed by atoms with Gasteiger partial charge in [-0.05, 0) is 24.3 Å². The minimum absolute atomic E-state index is 0.114. The van der Waals surface area contributed by atoms with Crippen LogP contribution in [0, 0.1) is 0 Å². The molecule has 0 aliphatic rings. The van der Waals surface area contributed by atoms with Gasteiger partial charge in [0.1, 0.15) is 11.3 Å². The van der Waals surface area contributed by atoms with E-state index in [4.69, 9.17) is 4.42 Å². The molecule has 0 saturated carbocycles. The third-order valence-electron chi connectivity index (χ3n) is 4.47. The number of anilines is 1. The van der Waals surface area contributed by atoms with Crippen molar-refractivity contribution in [2.45, 2.75) is 13.0 Å². The summed E-state index contributed by atoms with van der Waals surface area (Å²) in [5.74, 6) is 0.415. The lowest BCUT2D eigenvalue weighted by atomic mass is 10.2. The van der Waals surface area contributed by atoms with Gasteiger partial charge in [-0.3, -0.25) is 9.20 Å². The van der Waals surface area contributed by atoms with Crippen molar-refractivity contribution in [3.8, 4) is 11.5 Å². The fourth-order valence-corrected chi connectivity index (χ4v) is 3.77. The zero-order valence-corrected chi connectivity index (χ0v) is 15.9. The molecular weight excluding hydrogens is 390 g/mol. The Morgan fingerprint density at radius 3 is 2.90 bits per heavy atom. The Kier molecular flexibility index (Phi) is 4.21. The number of amides is 1. The molecule has 0 radical (unpaired) electrons. The maximum absolute atomic E-state index is 12.3. The van der Waals surface area contributed by atoms with Crippen molar-refractivity contribution in [2.24, 2.45) is 0 Å². The molecule has 1 aromatic carbocycles. The smallest absolute Gasteiger partial charge is 0.350 e. The second-order valence-corrected chi connectivity index (χ2v) is 7.28. The quantitative estimate of drug-likeness (QED) is 0.484. The van der Waals surface area contributed by atoms with Gasteiger partial charge in [0.25, 0.3) is 0 Å². The molecule has 144 valence electrons. The maximum atomic E-state index is 12.3. The second kappa shape index (κ2) is 7.02. The molecule has 1 N–H and O–H groups in total. The predicted octanol–water partition coefficient (Wildman–Crippen LogP) is 3.39. The van der Waals surface area contributed by atoms with E-state index in [0.717, 1.165) is 11.0 Å². The van der Waals surface area contributed by atoms with Crippen LogP contribution in [-0.2, 0) is 11.3 Å². The molecule has 0 bridgehead atoms. The van der Waals surface area contributed by atoms with Crippen molar-refractivity contribution in [3.63, 3.8) is 0 Å². The number of nitrogens with one attached hydrogen (secondary N) is 1. The number of furan rings is 1. The molecule has 5 rings (SSSR count). The van der Waals surface area contributed by atoms with Crippen LogP contribution < -0.4 is 11.0 Å². The SMILES string of the molecule is O=C(CCn1nc2ccccn2c1=O)Nc1nc(-c2cc3ccccc3o2)cs1. The highest BCUT2D eigenvalue weighted by molar-refractivity contribution is 7.14. The maximum Gasteiger partial charge on any atom is 0.350 e. The number of thiazole rings is 1. The van der Waals surface area contributed by atoms with Crippen LogP contribution in [0.2, 0.25) is 0 Å². The van der Waals surface area contributed by atoms with Crippen LogP contribution in [0.5, 0.6) is 0 Å². The highest BCUT2D eigenvalue weighted by Gasteiger charge is 2.13. The van der Waals surface area contributed by atoms with Crippen LogP contribution in [0.4, 0.5) is 5.13 Å². The molecule has 29 heavy (non-hydrogen) atoms. The van der Waals surface area contributed by atoms with Crippen molar-refractivity contribution in [2.75, 3.05) is 5.32 Å². The Labute approximate surface area is 168 Å². The number of aromatic nitrogens is 4. The third-order valence-corrected chi connectivity index (χ3v) is 5.23. The first kappa shape index (κ1) is 17.4. The molecular formula is C20H15N5O3S. The largest absolute Gasteiger partial charge is 0.454 e. The lowest BCUT2D eigenvalue weighted by Gasteiger charge is -2.01. The summed E-state index contributed by atoms with van der Waals surface area (Å²) in [5.41, 5.74) is 1.74. The molecule has 0 fully saturated rings. The summed E-state index contributed by atoms with van der Waals surface area (Å²) in [6.07, 6.45) is 1.76. The lowest BCUT2D eigenvalue weighted by molar-refractivity contribution is -0.116. The summed E-state index contributed by atoms with van der Waals surface area (Å²) in [6.45, 7) is 0.189. The summed E-state index contributed by atoms with van der Waals surface area (Å²) < 4.78 is 8.53. The first-order chi connectivity index (χ1) is 14.2. The predicted molar refractivity (Wildman–Crippen MR) is 110 cm³/mol. The first-order valence-electron chi connectivity index (χ1n) is 8.96. The van der Waals surface area contributed by atoms with E-state index < -0.39 is 0 Å². The fraction of sp³-hybridized carbons (Fsp3) is 0.100. The van der Waals surface area contributed by atoms with E-state index in [1.807, 2.05) is 35.7 Å². The standard InChI is InChI=1S/C20H15N5O3S/c26-18(8-10-25-20(27)24-9-4-3-7-17(24)23-25)22-19-21-14(12-29-19)16-11-13-5-1-2-6-15(13)28-16/h1-7,9,11-12H,8,10H2,(H,21,22,26). The van der Waals surface area contributed by atoms with E-state index in [-0.39, 0.29) is 24.6 Å². The highest BCUT2D eigenvalue weighted by atomic mass is 32.1. The van der Waals surface area contributed by atoms with Crippen molar-refractivity contribution in [3.05, 3.63) is 70.6 Å². The Morgan fingerprint density at radius 2 is 2.03 bits per heavy atom. The minimum Gasteiger partial charge on any atom is -0.454 e. The number of hydrogen-bond acceptors (Lipinski definition) is 6. The number of carbonyl (C=O) groups excluding carboxylic acids is 1. The molecule has 0 saturated heterocycles. The van der Waals surface area contributed by atoms with Crippen LogP contribution in [0.1, 0.15) is 6.42 Å². The number of nitrogens with zero attached hydrogens (tertiary/aromatic N) is 4. The van der Waals surface area contributed by atoms with E-state index in [0.29, 0.717) is 22.2 Å². The summed E-state index contributed by atoms with van der Waals surface area (Å²) in [7, 11) is 0. The number of rotatable bonds is 5. The zero-order chi connectivity index (χ0) is 19.8. The Morgan fingerprint density at radius 1 is 1.17 bits per heavy atom. The minimum atomic E-state index is -0.269. The average molecular weight is 405 g/mol. The average Bonchev–Trinajstić information content (AvgIpc) is 3.44. The normalized spacial score (nSPS) is 11.3. The summed E-state index contributed by atoms with van der Waals surface area (Å²) in [4.78, 5) is 29.0. The zero-order valence-electron chi connectivity index (χ0n) is 15.1. The lowest BCUT2D eigenvalue weighted by Crippen LogP contribution is -2.24. The third kappa shape index (κ3) is 3.32. The van der Waals surface area contributed by atoms with E-state index in [1.165, 1.54) is 20.4 Å². The van der Waals surface area contributed by atoms with Gasteiger partial charge in [0.2, 0.25) is 5.91 Å². The van der Waals surface area contributed by atoms with Gasteiger partial charge in [-0.1, -0.05) is 24.3 Å². The van der Waals surface area contributed by atoms with Gasteiger partial charge < -0.3 is 9.73 Å². The molecule has 0 unspecified atom stereocenters. The van der Waals surface area contributed by atoms with Gasteiger partial charge in [0, 0.05) is 23.4 Å². The van der Waals surface area contributed by atoms with E-state index in [2.05, 4.69) is 15.4 Å². The van der Waals surface area contributed by atoms with Gasteiger partial charge in [-0.15, -0.1) is 16.4 Å². The molecule has 9 heteroatoms. The van der Waals surface area contributed by atoms with E-state index in [1.54, 1.807) is 24.4 Å². The molecule has 5 aromatic rings. The molecule has 4 heterocycles. The number of aryl methyl sites for hydroxylation is 1. The van der Waals surface area contributed by atoms with Crippen LogP contribution in [0.15, 0.2) is 69.3 Å². The first-order valence-corrected chi connectivity index (χ1v) is 9.84. The topological polar surface area (TPSA) is 94.4 Å². The van der Waals surface area contributed by atoms with Gasteiger partial charge >= 0.3 is 5.69 Å². The van der Waals surface area contributed by atoms with Crippen molar-refractivity contribution in [1.29, 1.82) is 0 Å². The molecule has 1 amide bonds. The van der Waals surface area contributed by atoms with Crippen molar-refractivity contribution >= 4 is 39.0 Å². The van der Waals surface area contributed by atoms with Gasteiger partial charge in [0.05, 0.1) is 6.54 Å². The van der Waals surface area contributed by atoms with E-state index in [9.17, 15) is 9.59 Å². The van der Waals surface area contributed by atoms with Crippen LogP contribution in [-0.4, -0.2) is 25.1 Å². The molecule has 0 atom stereocenters. The Bertz CT molecular complexity index is 1360. The van der Waals surface area contributed by atoms with Crippen LogP contribution >= 0.6 is 11.3 Å². The molecule has 0 spiro atoms. The fourth-order valence-electron chi connectivity index (χ4n) is 3.06. The molecule has 4 aromatic heterocycles. The summed E-state index contributed by atoms with van der Waals surface area (Å²) >= 11 is 1.32. The Hall–Kier alpha value is -3.72. The number of benzene rings is 1. The Balaban J connectivity index is 1.26. The second-order valence-electron chi connectivity index (χ2n) is 6.42.